The van der Waals surface area contributed by atoms with Crippen molar-refractivity contribution in [2.24, 2.45) is 4.99 Å². The Labute approximate surface area is 199 Å². The Hall–Kier alpha value is -3.80. The lowest BCUT2D eigenvalue weighted by atomic mass is 10.2. The van der Waals surface area contributed by atoms with Gasteiger partial charge in [0.25, 0.3) is 11.5 Å². The maximum Gasteiger partial charge on any atom is 0.279 e. The molecule has 1 saturated heterocycles. The molecule has 34 heavy (non-hydrogen) atoms. The third-order valence-corrected chi connectivity index (χ3v) is 6.15. The van der Waals surface area contributed by atoms with Crippen LogP contribution in [0.25, 0.3) is 16.7 Å². The first-order valence-corrected chi connectivity index (χ1v) is 11.3. The molecule has 8 nitrogen and oxygen atoms in total. The third kappa shape index (κ3) is 3.89. The Balaban J connectivity index is 1.85. The molecule has 0 bridgehead atoms. The van der Waals surface area contributed by atoms with Gasteiger partial charge in [0.2, 0.25) is 0 Å². The molecule has 1 amide bonds. The average molecular weight is 474 g/mol. The summed E-state index contributed by atoms with van der Waals surface area (Å²) in [4.78, 5) is 35.5. The van der Waals surface area contributed by atoms with Crippen molar-refractivity contribution in [3.63, 3.8) is 0 Å². The maximum absolute atomic E-state index is 13.3. The molecule has 170 valence electrons. The normalized spacial score (nSPS) is 16.3. The molecule has 0 aliphatic carbocycles. The van der Waals surface area contributed by atoms with E-state index in [4.69, 9.17) is 21.3 Å². The fourth-order valence-corrected chi connectivity index (χ4v) is 4.43. The lowest BCUT2D eigenvalue weighted by Gasteiger charge is -2.17. The lowest BCUT2D eigenvalue weighted by Crippen LogP contribution is -2.33. The molecule has 4 heterocycles. The van der Waals surface area contributed by atoms with Gasteiger partial charge < -0.3 is 9.30 Å². The van der Waals surface area contributed by atoms with Crippen LogP contribution in [-0.4, -0.2) is 32.6 Å². The molecule has 1 atom stereocenters. The number of hydrogen-bond acceptors (Lipinski definition) is 5. The van der Waals surface area contributed by atoms with E-state index >= 15 is 0 Å². The Bertz CT molecular complexity index is 1620. The highest BCUT2D eigenvalue weighted by atomic mass is 35.5. The number of carbonyl (C=O) groups excluding carboxylic acids is 1. The van der Waals surface area contributed by atoms with Crippen molar-refractivity contribution < 1.29 is 9.53 Å². The van der Waals surface area contributed by atoms with Gasteiger partial charge in [-0.1, -0.05) is 23.7 Å². The van der Waals surface area contributed by atoms with E-state index in [0.29, 0.717) is 35.0 Å². The molecule has 4 aromatic rings. The van der Waals surface area contributed by atoms with Crippen LogP contribution in [0.1, 0.15) is 34.3 Å². The molecule has 0 unspecified atom stereocenters. The number of pyridine rings is 2. The first-order chi connectivity index (χ1) is 16.5. The number of hydrogen-bond donors (Lipinski definition) is 0. The molecule has 0 saturated carbocycles. The topological polar surface area (TPSA) is 102 Å². The molecule has 0 radical (unpaired) electrons. The van der Waals surface area contributed by atoms with E-state index in [1.54, 1.807) is 35.0 Å². The van der Waals surface area contributed by atoms with Crippen molar-refractivity contribution in [3.8, 4) is 6.07 Å². The van der Waals surface area contributed by atoms with Crippen LogP contribution < -0.4 is 11.0 Å². The number of halogens is 1. The van der Waals surface area contributed by atoms with Crippen LogP contribution in [0, 0.1) is 18.3 Å². The molecule has 9 heteroatoms. The van der Waals surface area contributed by atoms with E-state index in [1.807, 2.05) is 13.0 Å². The van der Waals surface area contributed by atoms with E-state index in [9.17, 15) is 14.9 Å². The number of benzene rings is 1. The Kier molecular flexibility index (Phi) is 5.74. The second-order valence-electron chi connectivity index (χ2n) is 8.21. The Morgan fingerprint density at radius 3 is 2.88 bits per heavy atom. The standard InChI is InChI=1S/C25H20ClN5O3/c1-15-5-3-9-30-21(15)28-23-20(25(30)33)12-17(13-27)22(31(23)14-19-8-4-10-34-19)29-24(32)16-6-2-7-18(26)11-16/h2-3,5-7,9,11-12,19H,4,8,10,14H2,1H3/t19-/m1/s1. The minimum atomic E-state index is -0.548. The number of fused-ring (bicyclic) bond motifs is 2. The molecule has 0 spiro atoms. The summed E-state index contributed by atoms with van der Waals surface area (Å²) in [7, 11) is 0. The quantitative estimate of drug-likeness (QED) is 0.424. The van der Waals surface area contributed by atoms with E-state index < -0.39 is 5.91 Å². The lowest BCUT2D eigenvalue weighted by molar-refractivity contribution is 0.0952. The summed E-state index contributed by atoms with van der Waals surface area (Å²) in [6.07, 6.45) is 3.23. The minimum absolute atomic E-state index is 0.104. The highest BCUT2D eigenvalue weighted by Gasteiger charge is 2.21. The van der Waals surface area contributed by atoms with Crippen molar-refractivity contribution in [3.05, 3.63) is 86.2 Å². The summed E-state index contributed by atoms with van der Waals surface area (Å²) in [6, 6.07) is 13.7. The summed E-state index contributed by atoms with van der Waals surface area (Å²) in [5.41, 5.74) is 1.91. The summed E-state index contributed by atoms with van der Waals surface area (Å²) in [5.74, 6) is -0.548. The van der Waals surface area contributed by atoms with Crippen LogP contribution >= 0.6 is 11.6 Å². The van der Waals surface area contributed by atoms with E-state index in [-0.39, 0.29) is 28.1 Å². The molecule has 1 aliphatic rings. The van der Waals surface area contributed by atoms with Crippen LogP contribution in [0.3, 0.4) is 0 Å². The smallest absolute Gasteiger partial charge is 0.279 e. The summed E-state index contributed by atoms with van der Waals surface area (Å²) in [5, 5.41) is 10.6. The molecule has 1 aromatic carbocycles. The van der Waals surface area contributed by atoms with Gasteiger partial charge in [0.15, 0.2) is 5.49 Å². The van der Waals surface area contributed by atoms with Crippen LogP contribution in [0.4, 0.5) is 0 Å². The molecule has 5 rings (SSSR count). The van der Waals surface area contributed by atoms with Gasteiger partial charge in [-0.2, -0.15) is 10.3 Å². The van der Waals surface area contributed by atoms with Crippen molar-refractivity contribution in [1.29, 1.82) is 5.26 Å². The second kappa shape index (κ2) is 8.86. The fourth-order valence-electron chi connectivity index (χ4n) is 4.24. The van der Waals surface area contributed by atoms with Crippen LogP contribution in [0.2, 0.25) is 5.02 Å². The Morgan fingerprint density at radius 1 is 1.29 bits per heavy atom. The van der Waals surface area contributed by atoms with Crippen molar-refractivity contribution in [2.75, 3.05) is 6.61 Å². The number of carbonyl (C=O) groups is 1. The second-order valence-corrected chi connectivity index (χ2v) is 8.64. The van der Waals surface area contributed by atoms with Crippen molar-refractivity contribution in [1.82, 2.24) is 14.0 Å². The number of rotatable bonds is 3. The van der Waals surface area contributed by atoms with Gasteiger partial charge in [0.1, 0.15) is 17.4 Å². The van der Waals surface area contributed by atoms with Gasteiger partial charge in [-0.25, -0.2) is 4.98 Å². The predicted molar refractivity (Wildman–Crippen MR) is 127 cm³/mol. The molecule has 1 aliphatic heterocycles. The van der Waals surface area contributed by atoms with Gasteiger partial charge in [0, 0.05) is 23.4 Å². The van der Waals surface area contributed by atoms with E-state index in [0.717, 1.165) is 18.4 Å². The van der Waals surface area contributed by atoms with E-state index in [2.05, 4.69) is 11.1 Å². The summed E-state index contributed by atoms with van der Waals surface area (Å²) < 4.78 is 8.95. The van der Waals surface area contributed by atoms with Crippen LogP contribution in [0.15, 0.2) is 58.4 Å². The van der Waals surface area contributed by atoms with Crippen LogP contribution in [0.5, 0.6) is 0 Å². The minimum Gasteiger partial charge on any atom is -0.376 e. The average Bonchev–Trinajstić information content (AvgIpc) is 3.34. The van der Waals surface area contributed by atoms with Gasteiger partial charge >= 0.3 is 0 Å². The first kappa shape index (κ1) is 22.0. The SMILES string of the molecule is Cc1cccn2c(=O)c3cc(C#N)c(=NC(=O)c4cccc(Cl)c4)n(C[C@H]4CCCO4)c3nc12. The highest BCUT2D eigenvalue weighted by Crippen LogP contribution is 2.18. The van der Waals surface area contributed by atoms with Gasteiger partial charge in [0.05, 0.1) is 23.6 Å². The third-order valence-electron chi connectivity index (χ3n) is 5.91. The predicted octanol–water partition coefficient (Wildman–Crippen LogP) is 3.40. The number of aryl methyl sites for hydroxylation is 1. The van der Waals surface area contributed by atoms with Gasteiger partial charge in [-0.3, -0.25) is 14.0 Å². The summed E-state index contributed by atoms with van der Waals surface area (Å²) in [6.45, 7) is 2.81. The zero-order valence-electron chi connectivity index (χ0n) is 18.4. The molecule has 3 aromatic heterocycles. The number of aromatic nitrogens is 3. The molecular weight excluding hydrogens is 454 g/mol. The highest BCUT2D eigenvalue weighted by molar-refractivity contribution is 6.31. The molecular formula is C25H20ClN5O3. The van der Waals surface area contributed by atoms with Gasteiger partial charge in [-0.15, -0.1) is 0 Å². The zero-order valence-corrected chi connectivity index (χ0v) is 19.1. The number of amides is 1. The first-order valence-electron chi connectivity index (χ1n) is 10.9. The molecule has 1 fully saturated rings. The van der Waals surface area contributed by atoms with Crippen molar-refractivity contribution >= 4 is 34.2 Å². The Morgan fingerprint density at radius 2 is 2.15 bits per heavy atom. The zero-order chi connectivity index (χ0) is 23.8. The monoisotopic (exact) mass is 473 g/mol. The number of nitrogens with zero attached hydrogens (tertiary/aromatic N) is 5. The van der Waals surface area contributed by atoms with Crippen LogP contribution in [-0.2, 0) is 11.3 Å². The fraction of sp³-hybridized carbons (Fsp3) is 0.240. The molecule has 0 N–H and O–H groups in total. The van der Waals surface area contributed by atoms with Crippen molar-refractivity contribution in [2.45, 2.75) is 32.4 Å². The maximum atomic E-state index is 13.3. The van der Waals surface area contributed by atoms with E-state index in [1.165, 1.54) is 16.5 Å². The number of ether oxygens (including phenoxy) is 1. The van der Waals surface area contributed by atoms with Gasteiger partial charge in [-0.05, 0) is 55.7 Å². The summed E-state index contributed by atoms with van der Waals surface area (Å²) >= 11 is 6.05. The number of nitriles is 1. The largest absolute Gasteiger partial charge is 0.376 e.